The van der Waals surface area contributed by atoms with Crippen molar-refractivity contribution in [1.29, 1.82) is 0 Å². The number of rotatable bonds is 8. The van der Waals surface area contributed by atoms with Crippen LogP contribution < -0.4 is 0 Å². The Balaban J connectivity index is 0.00000364. The normalized spacial score (nSPS) is 11.6. The Labute approximate surface area is 176 Å². The molecule has 140 valence electrons. The minimum absolute atomic E-state index is 0. The number of unbranched alkanes of at least 4 members (excludes halogenated alkanes) is 1. The second kappa shape index (κ2) is 11.1. The molecular formula is C18H18F3N2NaO3. The molecule has 1 N–H and O–H groups in total. The van der Waals surface area contributed by atoms with Crippen LogP contribution in [0.1, 0.15) is 36.0 Å². The molecule has 0 amide bonds. The molecule has 0 saturated heterocycles. The van der Waals surface area contributed by atoms with Gasteiger partial charge in [-0.25, -0.2) is 0 Å². The van der Waals surface area contributed by atoms with Gasteiger partial charge in [-0.3, -0.25) is 9.78 Å². The zero-order valence-corrected chi connectivity index (χ0v) is 13.7. The molecule has 0 saturated carbocycles. The number of nitrogens with zero attached hydrogens (tertiary/aromatic N) is 2. The SMILES string of the molecule is O=C(O)CCCCO/N=C(/c1cccnc1)c1cccc(C(F)(F)F)c1.[NaH]. The molecule has 0 unspecified atom stereocenters. The Morgan fingerprint density at radius 2 is 1.89 bits per heavy atom. The number of aromatic nitrogens is 1. The quantitative estimate of drug-likeness (QED) is 0.324. The molecule has 0 aliphatic carbocycles. The number of carboxylic acids is 1. The van der Waals surface area contributed by atoms with E-state index in [0.717, 1.165) is 12.1 Å². The van der Waals surface area contributed by atoms with Gasteiger partial charge in [-0.15, -0.1) is 0 Å². The zero-order chi connectivity index (χ0) is 19.0. The fourth-order valence-corrected chi connectivity index (χ4v) is 2.17. The fraction of sp³-hybridized carbons (Fsp3) is 0.278. The molecule has 2 rings (SSSR count). The van der Waals surface area contributed by atoms with E-state index in [4.69, 9.17) is 9.94 Å². The summed E-state index contributed by atoms with van der Waals surface area (Å²) < 4.78 is 38.9. The van der Waals surface area contributed by atoms with Crippen LogP contribution in [0.4, 0.5) is 13.2 Å². The van der Waals surface area contributed by atoms with Crippen LogP contribution in [0.3, 0.4) is 0 Å². The summed E-state index contributed by atoms with van der Waals surface area (Å²) in [7, 11) is 0. The van der Waals surface area contributed by atoms with Gasteiger partial charge in [-0.2, -0.15) is 13.2 Å². The van der Waals surface area contributed by atoms with Crippen molar-refractivity contribution < 1.29 is 27.9 Å². The van der Waals surface area contributed by atoms with Gasteiger partial charge in [0.1, 0.15) is 12.3 Å². The number of alkyl halides is 3. The van der Waals surface area contributed by atoms with Gasteiger partial charge in [-0.05, 0) is 37.1 Å². The second-order valence-electron chi connectivity index (χ2n) is 5.44. The predicted octanol–water partition coefficient (Wildman–Crippen LogP) is 3.48. The van der Waals surface area contributed by atoms with Crippen LogP contribution in [0.15, 0.2) is 53.9 Å². The summed E-state index contributed by atoms with van der Waals surface area (Å²) >= 11 is 0. The van der Waals surface area contributed by atoms with Crippen molar-refractivity contribution >= 4 is 41.2 Å². The third-order valence-electron chi connectivity index (χ3n) is 3.43. The van der Waals surface area contributed by atoms with Gasteiger partial charge in [0.25, 0.3) is 0 Å². The zero-order valence-electron chi connectivity index (χ0n) is 13.7. The van der Waals surface area contributed by atoms with Gasteiger partial charge < -0.3 is 9.94 Å². The first-order chi connectivity index (χ1) is 12.4. The summed E-state index contributed by atoms with van der Waals surface area (Å²) in [5.74, 6) is -0.895. The van der Waals surface area contributed by atoms with Crippen molar-refractivity contribution in [3.63, 3.8) is 0 Å². The fourth-order valence-electron chi connectivity index (χ4n) is 2.17. The van der Waals surface area contributed by atoms with E-state index in [2.05, 4.69) is 10.1 Å². The number of hydrogen-bond acceptors (Lipinski definition) is 4. The minimum atomic E-state index is -4.46. The molecule has 0 radical (unpaired) electrons. The van der Waals surface area contributed by atoms with Gasteiger partial charge >= 0.3 is 41.7 Å². The van der Waals surface area contributed by atoms with Crippen LogP contribution in [0.2, 0.25) is 0 Å². The van der Waals surface area contributed by atoms with E-state index in [0.29, 0.717) is 18.4 Å². The summed E-state index contributed by atoms with van der Waals surface area (Å²) in [6, 6.07) is 8.10. The molecule has 0 aliphatic heterocycles. The van der Waals surface area contributed by atoms with Crippen molar-refractivity contribution in [3.8, 4) is 0 Å². The van der Waals surface area contributed by atoms with E-state index in [9.17, 15) is 18.0 Å². The Kier molecular flexibility index (Phi) is 9.48. The number of hydrogen-bond donors (Lipinski definition) is 1. The monoisotopic (exact) mass is 390 g/mol. The number of aliphatic carboxylic acids is 1. The van der Waals surface area contributed by atoms with Gasteiger partial charge in [0.2, 0.25) is 0 Å². The van der Waals surface area contributed by atoms with E-state index < -0.39 is 17.7 Å². The van der Waals surface area contributed by atoms with E-state index in [-0.39, 0.29) is 53.9 Å². The number of pyridine rings is 1. The molecule has 1 aromatic carbocycles. The molecule has 5 nitrogen and oxygen atoms in total. The molecule has 0 aliphatic rings. The van der Waals surface area contributed by atoms with Crippen LogP contribution >= 0.6 is 0 Å². The van der Waals surface area contributed by atoms with Crippen LogP contribution in [0.5, 0.6) is 0 Å². The summed E-state index contributed by atoms with van der Waals surface area (Å²) in [5.41, 5.74) is 0.200. The average molecular weight is 390 g/mol. The Bertz CT molecular complexity index is 768. The van der Waals surface area contributed by atoms with Gasteiger partial charge in [0, 0.05) is 29.9 Å². The summed E-state index contributed by atoms with van der Waals surface area (Å²) in [5, 5.41) is 12.5. The Morgan fingerprint density at radius 1 is 1.15 bits per heavy atom. The van der Waals surface area contributed by atoms with Gasteiger partial charge in [0.15, 0.2) is 0 Å². The first-order valence-corrected chi connectivity index (χ1v) is 7.87. The summed E-state index contributed by atoms with van der Waals surface area (Å²) in [6.45, 7) is 0.163. The van der Waals surface area contributed by atoms with Crippen LogP contribution in [-0.2, 0) is 15.8 Å². The predicted molar refractivity (Wildman–Crippen MR) is 95.9 cm³/mol. The standard InChI is InChI=1S/C18H17F3N2O3.Na.H/c19-18(20,21)15-7-3-5-13(11-15)17(14-6-4-9-22-12-14)23-26-10-2-1-8-16(24)25;;/h3-7,9,11-12H,1-2,8,10H2,(H,24,25);;/b23-17+;;. The first kappa shape index (κ1) is 23.1. The topological polar surface area (TPSA) is 71.8 Å². The molecular weight excluding hydrogens is 372 g/mol. The summed E-state index contributed by atoms with van der Waals surface area (Å²) in [6.07, 6.45) is -0.522. The molecule has 27 heavy (non-hydrogen) atoms. The molecule has 0 atom stereocenters. The van der Waals surface area contributed by atoms with Crippen LogP contribution in [0, 0.1) is 0 Å². The maximum absolute atomic E-state index is 13.0. The first-order valence-electron chi connectivity index (χ1n) is 7.87. The van der Waals surface area contributed by atoms with Gasteiger partial charge in [-0.1, -0.05) is 17.3 Å². The maximum atomic E-state index is 13.0. The molecule has 0 spiro atoms. The molecule has 1 aromatic heterocycles. The van der Waals surface area contributed by atoms with Crippen molar-refractivity contribution in [1.82, 2.24) is 4.98 Å². The number of halogens is 3. The average Bonchev–Trinajstić information content (AvgIpc) is 2.61. The van der Waals surface area contributed by atoms with E-state index >= 15 is 0 Å². The van der Waals surface area contributed by atoms with Crippen molar-refractivity contribution in [2.24, 2.45) is 5.16 Å². The molecule has 9 heteroatoms. The van der Waals surface area contributed by atoms with Crippen molar-refractivity contribution in [2.75, 3.05) is 6.61 Å². The third-order valence-corrected chi connectivity index (χ3v) is 3.43. The number of carboxylic acid groups (broad SMARTS) is 1. The molecule has 0 bridgehead atoms. The van der Waals surface area contributed by atoms with E-state index in [1.165, 1.54) is 18.3 Å². The van der Waals surface area contributed by atoms with Crippen LogP contribution in [0.25, 0.3) is 0 Å². The summed E-state index contributed by atoms with van der Waals surface area (Å²) in [4.78, 5) is 19.6. The molecule has 0 fully saturated rings. The van der Waals surface area contributed by atoms with Crippen molar-refractivity contribution in [3.05, 3.63) is 65.5 Å². The number of benzene rings is 1. The number of carbonyl (C=O) groups is 1. The third kappa shape index (κ3) is 7.70. The Hall–Kier alpha value is -1.90. The Morgan fingerprint density at radius 3 is 2.52 bits per heavy atom. The van der Waals surface area contributed by atoms with E-state index in [1.807, 2.05) is 0 Å². The molecule has 1 heterocycles. The van der Waals surface area contributed by atoms with Crippen LogP contribution in [-0.4, -0.2) is 57.9 Å². The van der Waals surface area contributed by atoms with Crippen molar-refractivity contribution in [2.45, 2.75) is 25.4 Å². The molecule has 2 aromatic rings. The number of oxime groups is 1. The van der Waals surface area contributed by atoms with Gasteiger partial charge in [0.05, 0.1) is 5.56 Å². The van der Waals surface area contributed by atoms with E-state index in [1.54, 1.807) is 18.3 Å². The second-order valence-corrected chi connectivity index (χ2v) is 5.44.